The van der Waals surface area contributed by atoms with Crippen molar-refractivity contribution in [3.8, 4) is 0 Å². The van der Waals surface area contributed by atoms with Gasteiger partial charge < -0.3 is 4.74 Å². The Morgan fingerprint density at radius 2 is 1.75 bits per heavy atom. The van der Waals surface area contributed by atoms with E-state index >= 15 is 0 Å². The summed E-state index contributed by atoms with van der Waals surface area (Å²) in [6.07, 6.45) is 1.62. The van der Waals surface area contributed by atoms with Gasteiger partial charge >= 0.3 is 10.2 Å². The number of nitrogens with zero attached hydrogens (tertiary/aromatic N) is 2. The van der Waals surface area contributed by atoms with Crippen LogP contribution in [0.15, 0.2) is 8.80 Å². The second-order valence-corrected chi connectivity index (χ2v) is 2.32. The molecule has 1 heterocycles. The standard InChI is InChI=1S/C2H2N2O3S/c5-8(6)3-1-7-2-4-8/h1-2H. The topological polar surface area (TPSA) is 68.1 Å². The van der Waals surface area contributed by atoms with Crippen LogP contribution >= 0.6 is 0 Å². The van der Waals surface area contributed by atoms with E-state index in [9.17, 15) is 8.42 Å². The van der Waals surface area contributed by atoms with Crippen LogP contribution in [-0.2, 0) is 14.9 Å². The summed E-state index contributed by atoms with van der Waals surface area (Å²) >= 11 is 0. The van der Waals surface area contributed by atoms with Crippen LogP contribution in [0.2, 0.25) is 0 Å². The van der Waals surface area contributed by atoms with Gasteiger partial charge in [-0.1, -0.05) is 0 Å². The van der Waals surface area contributed by atoms with Crippen molar-refractivity contribution in [2.75, 3.05) is 0 Å². The Morgan fingerprint density at radius 3 is 2.00 bits per heavy atom. The van der Waals surface area contributed by atoms with Crippen molar-refractivity contribution in [1.29, 1.82) is 0 Å². The Balaban J connectivity index is 3.03. The second-order valence-electron chi connectivity index (χ2n) is 1.01. The van der Waals surface area contributed by atoms with Gasteiger partial charge in [0.15, 0.2) is 12.8 Å². The quantitative estimate of drug-likeness (QED) is 0.440. The summed E-state index contributed by atoms with van der Waals surface area (Å²) in [7, 11) is -3.57. The van der Waals surface area contributed by atoms with Crippen LogP contribution in [0.25, 0.3) is 0 Å². The van der Waals surface area contributed by atoms with E-state index in [4.69, 9.17) is 0 Å². The molecular weight excluding hydrogens is 132 g/mol. The number of ether oxygens (including phenoxy) is 1. The minimum atomic E-state index is -3.57. The first kappa shape index (κ1) is 5.23. The summed E-state index contributed by atoms with van der Waals surface area (Å²) in [4.78, 5) is 0. The van der Waals surface area contributed by atoms with Crippen LogP contribution in [0, 0.1) is 0 Å². The maximum absolute atomic E-state index is 10.2. The Labute approximate surface area is 45.9 Å². The van der Waals surface area contributed by atoms with Crippen molar-refractivity contribution in [3.05, 3.63) is 0 Å². The third kappa shape index (κ3) is 1.03. The van der Waals surface area contributed by atoms with Crippen LogP contribution in [-0.4, -0.2) is 21.2 Å². The fourth-order valence-corrected chi connectivity index (χ4v) is 0.584. The molecule has 6 heteroatoms. The Morgan fingerprint density at radius 1 is 1.25 bits per heavy atom. The molecule has 0 saturated carbocycles. The maximum atomic E-state index is 10.2. The first-order valence-corrected chi connectivity index (χ1v) is 3.08. The van der Waals surface area contributed by atoms with Crippen molar-refractivity contribution in [2.24, 2.45) is 8.80 Å². The van der Waals surface area contributed by atoms with Crippen molar-refractivity contribution in [2.45, 2.75) is 0 Å². The highest BCUT2D eigenvalue weighted by Gasteiger charge is 2.03. The molecule has 0 radical (unpaired) electrons. The van der Waals surface area contributed by atoms with E-state index in [1.165, 1.54) is 0 Å². The molecule has 0 bridgehead atoms. The van der Waals surface area contributed by atoms with Crippen LogP contribution in [0.3, 0.4) is 0 Å². The van der Waals surface area contributed by atoms with E-state index < -0.39 is 10.2 Å². The van der Waals surface area contributed by atoms with Gasteiger partial charge in [0.25, 0.3) is 0 Å². The van der Waals surface area contributed by atoms with Gasteiger partial charge in [-0.15, -0.1) is 8.80 Å². The summed E-state index contributed by atoms with van der Waals surface area (Å²) in [5, 5.41) is 0. The second kappa shape index (κ2) is 1.55. The lowest BCUT2D eigenvalue weighted by atomic mass is 11.4. The molecule has 5 nitrogen and oxygen atoms in total. The zero-order valence-corrected chi connectivity index (χ0v) is 4.50. The van der Waals surface area contributed by atoms with Crippen molar-refractivity contribution in [1.82, 2.24) is 0 Å². The molecule has 0 saturated heterocycles. The first-order chi connectivity index (χ1) is 3.71. The van der Waals surface area contributed by atoms with E-state index in [-0.39, 0.29) is 0 Å². The molecule has 0 spiro atoms. The van der Waals surface area contributed by atoms with Crippen LogP contribution in [0.1, 0.15) is 0 Å². The SMILES string of the molecule is O=S1(=O)N=COC=N1. The summed E-state index contributed by atoms with van der Waals surface area (Å²) < 4.78 is 30.4. The molecule has 1 rings (SSSR count). The first-order valence-electron chi connectivity index (χ1n) is 1.69. The smallest absolute Gasteiger partial charge is 0.368 e. The number of rotatable bonds is 0. The molecular formula is C2H2N2O3S. The molecule has 0 aromatic carbocycles. The third-order valence-corrected chi connectivity index (χ3v) is 1.18. The summed E-state index contributed by atoms with van der Waals surface area (Å²) in [6, 6.07) is 0. The monoisotopic (exact) mass is 134 g/mol. The van der Waals surface area contributed by atoms with Crippen LogP contribution < -0.4 is 0 Å². The van der Waals surface area contributed by atoms with Gasteiger partial charge in [0.2, 0.25) is 0 Å². The summed E-state index contributed by atoms with van der Waals surface area (Å²) in [6.45, 7) is 0. The van der Waals surface area contributed by atoms with Crippen LogP contribution in [0.4, 0.5) is 0 Å². The van der Waals surface area contributed by atoms with Crippen molar-refractivity contribution < 1.29 is 13.2 Å². The fraction of sp³-hybridized carbons (Fsp3) is 0. The number of hydrogen-bond acceptors (Lipinski definition) is 3. The highest BCUT2D eigenvalue weighted by atomic mass is 32.2. The largest absolute Gasteiger partial charge is 0.432 e. The Hall–Kier alpha value is -0.910. The van der Waals surface area contributed by atoms with E-state index in [1.54, 1.807) is 0 Å². The van der Waals surface area contributed by atoms with E-state index in [2.05, 4.69) is 13.5 Å². The molecule has 0 aromatic rings. The van der Waals surface area contributed by atoms with E-state index in [0.29, 0.717) is 0 Å². The fourth-order valence-electron chi connectivity index (χ4n) is 0.213. The lowest BCUT2D eigenvalue weighted by Gasteiger charge is -1.92. The van der Waals surface area contributed by atoms with Crippen molar-refractivity contribution in [3.63, 3.8) is 0 Å². The highest BCUT2D eigenvalue weighted by Crippen LogP contribution is 1.94. The molecule has 0 unspecified atom stereocenters. The highest BCUT2D eigenvalue weighted by molar-refractivity contribution is 7.89. The zero-order chi connectivity index (χ0) is 6.04. The van der Waals surface area contributed by atoms with E-state index in [1.807, 2.05) is 0 Å². The zero-order valence-electron chi connectivity index (χ0n) is 3.68. The predicted molar refractivity (Wildman–Crippen MR) is 27.0 cm³/mol. The van der Waals surface area contributed by atoms with Gasteiger partial charge in [0.05, 0.1) is 0 Å². The van der Waals surface area contributed by atoms with Gasteiger partial charge in [0, 0.05) is 0 Å². The minimum Gasteiger partial charge on any atom is -0.432 e. The average Bonchev–Trinajstić information content (AvgIpc) is 1.65. The number of hydrogen-bond donors (Lipinski definition) is 0. The maximum Gasteiger partial charge on any atom is 0.368 e. The molecule has 0 amide bonds. The lowest BCUT2D eigenvalue weighted by molar-refractivity contribution is 0.570. The Bertz CT molecular complexity index is 208. The van der Waals surface area contributed by atoms with Gasteiger partial charge in [-0.2, -0.15) is 8.42 Å². The van der Waals surface area contributed by atoms with Crippen molar-refractivity contribution >= 4 is 23.0 Å². The van der Waals surface area contributed by atoms with E-state index in [0.717, 1.165) is 12.8 Å². The predicted octanol–water partition coefficient (Wildman–Crippen LogP) is -0.682. The molecule has 1 aliphatic rings. The third-order valence-electron chi connectivity index (χ3n) is 0.474. The molecule has 0 aliphatic carbocycles. The minimum absolute atomic E-state index is 0.808. The van der Waals surface area contributed by atoms with Gasteiger partial charge in [-0.05, 0) is 0 Å². The van der Waals surface area contributed by atoms with Gasteiger partial charge in [0.1, 0.15) is 0 Å². The summed E-state index contributed by atoms with van der Waals surface area (Å²) in [5.41, 5.74) is 0. The molecule has 0 atom stereocenters. The Kier molecular flexibility index (Phi) is 1.01. The summed E-state index contributed by atoms with van der Waals surface area (Å²) in [5.74, 6) is 0. The molecule has 0 N–H and O–H groups in total. The molecule has 0 aromatic heterocycles. The van der Waals surface area contributed by atoms with Gasteiger partial charge in [-0.3, -0.25) is 0 Å². The van der Waals surface area contributed by atoms with Gasteiger partial charge in [-0.25, -0.2) is 0 Å². The molecule has 8 heavy (non-hydrogen) atoms. The average molecular weight is 134 g/mol. The lowest BCUT2D eigenvalue weighted by Crippen LogP contribution is -1.99. The molecule has 1 aliphatic heterocycles. The van der Waals surface area contributed by atoms with Crippen LogP contribution in [0.5, 0.6) is 0 Å². The molecule has 0 fully saturated rings. The molecule has 44 valence electrons. The normalized spacial score (nSPS) is 22.5.